The minimum Gasteiger partial charge on any atom is -0.479 e. The number of carboxylic acid groups (broad SMARTS) is 1. The maximum absolute atomic E-state index is 11.4. The number of carbonyl (C=O) groups is 1. The van der Waals surface area contributed by atoms with Crippen molar-refractivity contribution in [2.45, 2.75) is 6.04 Å². The third kappa shape index (κ3) is 3.59. The van der Waals surface area contributed by atoms with Crippen molar-refractivity contribution in [2.24, 2.45) is 0 Å². The van der Waals surface area contributed by atoms with Gasteiger partial charge in [-0.25, -0.2) is 4.79 Å². The molecular formula is C12H8Br3NO2S. The number of nitrogens with one attached hydrogen (secondary N) is 1. The van der Waals surface area contributed by atoms with Crippen molar-refractivity contribution in [3.05, 3.63) is 47.9 Å². The standard InChI is InChI=1S/C12H8Br3NO2S/c13-6-3-1-2-4-8(6)16-10(12(17)18)9-5-7(14)11(15)19-9/h1-5,10,16H,(H,17,18). The molecule has 100 valence electrons. The fourth-order valence-electron chi connectivity index (χ4n) is 1.49. The van der Waals surface area contributed by atoms with E-state index in [0.29, 0.717) is 0 Å². The molecule has 3 nitrogen and oxygen atoms in total. The van der Waals surface area contributed by atoms with Gasteiger partial charge in [-0.15, -0.1) is 11.3 Å². The lowest BCUT2D eigenvalue weighted by molar-refractivity contribution is -0.138. The quantitative estimate of drug-likeness (QED) is 0.641. The first kappa shape index (κ1) is 15.0. The Balaban J connectivity index is 2.32. The van der Waals surface area contributed by atoms with Gasteiger partial charge in [0.25, 0.3) is 0 Å². The zero-order chi connectivity index (χ0) is 14.0. The molecule has 2 aromatic rings. The van der Waals surface area contributed by atoms with Crippen LogP contribution in [-0.4, -0.2) is 11.1 Å². The molecule has 1 heterocycles. The molecule has 0 saturated heterocycles. The molecule has 0 saturated carbocycles. The van der Waals surface area contributed by atoms with Crippen LogP contribution in [0.5, 0.6) is 0 Å². The van der Waals surface area contributed by atoms with Crippen LogP contribution in [0, 0.1) is 0 Å². The first-order valence-electron chi connectivity index (χ1n) is 5.17. The Kier molecular flexibility index (Phi) is 5.05. The Morgan fingerprint density at radius 1 is 1.21 bits per heavy atom. The highest BCUT2D eigenvalue weighted by Crippen LogP contribution is 2.37. The van der Waals surface area contributed by atoms with E-state index in [0.717, 1.165) is 23.3 Å². The molecule has 1 atom stereocenters. The molecule has 1 unspecified atom stereocenters. The molecule has 0 aliphatic carbocycles. The smallest absolute Gasteiger partial charge is 0.331 e. The number of benzene rings is 1. The third-order valence-corrected chi connectivity index (χ3v) is 6.38. The van der Waals surface area contributed by atoms with Crippen LogP contribution < -0.4 is 5.32 Å². The number of aliphatic carboxylic acids is 1. The molecule has 0 bridgehead atoms. The third-order valence-electron chi connectivity index (χ3n) is 2.37. The van der Waals surface area contributed by atoms with Crippen molar-refractivity contribution in [3.63, 3.8) is 0 Å². The second-order valence-corrected chi connectivity index (χ2v) is 7.78. The van der Waals surface area contributed by atoms with E-state index in [1.54, 1.807) is 6.07 Å². The average Bonchev–Trinajstić information content (AvgIpc) is 2.68. The summed E-state index contributed by atoms with van der Waals surface area (Å²) in [5, 5.41) is 12.4. The summed E-state index contributed by atoms with van der Waals surface area (Å²) in [6, 6.07) is 8.44. The van der Waals surface area contributed by atoms with Gasteiger partial charge in [0, 0.05) is 19.5 Å². The number of hydrogen-bond donors (Lipinski definition) is 2. The van der Waals surface area contributed by atoms with Crippen LogP contribution in [0.1, 0.15) is 10.9 Å². The molecule has 2 rings (SSSR count). The van der Waals surface area contributed by atoms with Crippen molar-refractivity contribution in [1.29, 1.82) is 0 Å². The average molecular weight is 470 g/mol. The fraction of sp³-hybridized carbons (Fsp3) is 0.0833. The fourth-order valence-corrected chi connectivity index (χ4v) is 4.03. The largest absolute Gasteiger partial charge is 0.479 e. The summed E-state index contributed by atoms with van der Waals surface area (Å²) in [5.41, 5.74) is 0.746. The zero-order valence-corrected chi connectivity index (χ0v) is 14.9. The lowest BCUT2D eigenvalue weighted by Gasteiger charge is -2.15. The monoisotopic (exact) mass is 467 g/mol. The van der Waals surface area contributed by atoms with Gasteiger partial charge in [-0.2, -0.15) is 0 Å². The predicted molar refractivity (Wildman–Crippen MR) is 87.9 cm³/mol. The summed E-state index contributed by atoms with van der Waals surface area (Å²) in [6.07, 6.45) is 0. The van der Waals surface area contributed by atoms with Crippen LogP contribution >= 0.6 is 59.1 Å². The molecule has 0 aliphatic rings. The van der Waals surface area contributed by atoms with Gasteiger partial charge in [0.05, 0.1) is 3.79 Å². The van der Waals surface area contributed by atoms with Crippen LogP contribution in [0.4, 0.5) is 5.69 Å². The molecule has 7 heteroatoms. The van der Waals surface area contributed by atoms with E-state index < -0.39 is 12.0 Å². The van der Waals surface area contributed by atoms with Gasteiger partial charge in [-0.3, -0.25) is 0 Å². The first-order chi connectivity index (χ1) is 8.99. The van der Waals surface area contributed by atoms with Crippen LogP contribution in [-0.2, 0) is 4.79 Å². The van der Waals surface area contributed by atoms with Gasteiger partial charge in [-0.1, -0.05) is 12.1 Å². The highest BCUT2D eigenvalue weighted by Gasteiger charge is 2.23. The van der Waals surface area contributed by atoms with Gasteiger partial charge < -0.3 is 10.4 Å². The van der Waals surface area contributed by atoms with E-state index in [2.05, 4.69) is 53.1 Å². The molecule has 19 heavy (non-hydrogen) atoms. The van der Waals surface area contributed by atoms with Crippen molar-refractivity contribution >= 4 is 70.8 Å². The van der Waals surface area contributed by atoms with Crippen LogP contribution in [0.25, 0.3) is 0 Å². The van der Waals surface area contributed by atoms with Crippen LogP contribution in [0.2, 0.25) is 0 Å². The normalized spacial score (nSPS) is 12.2. The molecule has 1 aromatic heterocycles. The van der Waals surface area contributed by atoms with E-state index in [1.807, 2.05) is 24.3 Å². The van der Waals surface area contributed by atoms with E-state index in [-0.39, 0.29) is 0 Å². The summed E-state index contributed by atoms with van der Waals surface area (Å²) in [7, 11) is 0. The maximum atomic E-state index is 11.4. The van der Waals surface area contributed by atoms with Gasteiger partial charge in [-0.05, 0) is 66.0 Å². The van der Waals surface area contributed by atoms with Crippen LogP contribution in [0.3, 0.4) is 0 Å². The molecule has 1 aromatic carbocycles. The number of anilines is 1. The van der Waals surface area contributed by atoms with Crippen molar-refractivity contribution in [1.82, 2.24) is 0 Å². The SMILES string of the molecule is O=C(O)C(Nc1ccccc1Br)c1cc(Br)c(Br)s1. The highest BCUT2D eigenvalue weighted by molar-refractivity contribution is 9.13. The molecule has 0 spiro atoms. The molecular weight excluding hydrogens is 462 g/mol. The first-order valence-corrected chi connectivity index (χ1v) is 8.37. The zero-order valence-electron chi connectivity index (χ0n) is 9.36. The topological polar surface area (TPSA) is 49.3 Å². The van der Waals surface area contributed by atoms with E-state index in [1.165, 1.54) is 11.3 Å². The predicted octanol–water partition coefficient (Wildman–Crippen LogP) is 5.27. The van der Waals surface area contributed by atoms with Crippen LogP contribution in [0.15, 0.2) is 43.1 Å². The summed E-state index contributed by atoms with van der Waals surface area (Å²) in [4.78, 5) is 12.2. The second kappa shape index (κ2) is 6.39. The molecule has 0 fully saturated rings. The summed E-state index contributed by atoms with van der Waals surface area (Å²) in [5.74, 6) is -0.919. The van der Waals surface area contributed by atoms with E-state index in [4.69, 9.17) is 0 Å². The van der Waals surface area contributed by atoms with Gasteiger partial charge in [0.2, 0.25) is 0 Å². The van der Waals surface area contributed by atoms with Crippen molar-refractivity contribution in [3.8, 4) is 0 Å². The minimum atomic E-state index is -0.919. The summed E-state index contributed by atoms with van der Waals surface area (Å²) >= 11 is 11.5. The Hall–Kier alpha value is -0.370. The number of rotatable bonds is 4. The van der Waals surface area contributed by atoms with Crippen molar-refractivity contribution < 1.29 is 9.90 Å². The highest BCUT2D eigenvalue weighted by atomic mass is 79.9. The summed E-state index contributed by atoms with van der Waals surface area (Å²) < 4.78 is 2.56. The van der Waals surface area contributed by atoms with Gasteiger partial charge in [0.15, 0.2) is 6.04 Å². The van der Waals surface area contributed by atoms with E-state index >= 15 is 0 Å². The summed E-state index contributed by atoms with van der Waals surface area (Å²) in [6.45, 7) is 0. The number of para-hydroxylation sites is 1. The number of thiophene rings is 1. The second-order valence-electron chi connectivity index (χ2n) is 3.67. The number of carboxylic acids is 1. The molecule has 0 aliphatic heterocycles. The molecule has 0 radical (unpaired) electrons. The Morgan fingerprint density at radius 2 is 1.89 bits per heavy atom. The Morgan fingerprint density at radius 3 is 2.42 bits per heavy atom. The molecule has 0 amide bonds. The minimum absolute atomic E-state index is 0.724. The Labute approximate surface area is 139 Å². The lowest BCUT2D eigenvalue weighted by atomic mass is 10.2. The van der Waals surface area contributed by atoms with Gasteiger partial charge in [0.1, 0.15) is 0 Å². The van der Waals surface area contributed by atoms with Crippen molar-refractivity contribution in [2.75, 3.05) is 5.32 Å². The number of hydrogen-bond acceptors (Lipinski definition) is 3. The maximum Gasteiger partial charge on any atom is 0.331 e. The Bertz CT molecular complexity index is 595. The molecule has 2 N–H and O–H groups in total. The van der Waals surface area contributed by atoms with E-state index in [9.17, 15) is 9.90 Å². The number of halogens is 3. The lowest BCUT2D eigenvalue weighted by Crippen LogP contribution is -2.19. The van der Waals surface area contributed by atoms with Gasteiger partial charge >= 0.3 is 5.97 Å².